The quantitative estimate of drug-likeness (QED) is 0.116. The first-order valence-corrected chi connectivity index (χ1v) is 10.8. The van der Waals surface area contributed by atoms with E-state index in [-0.39, 0.29) is 106 Å². The summed E-state index contributed by atoms with van der Waals surface area (Å²) >= 11 is 0. The molecule has 0 bridgehead atoms. The number of aliphatic hydroxyl groups excluding tert-OH is 4. The summed E-state index contributed by atoms with van der Waals surface area (Å²) in [5, 5.41) is 52.4. The van der Waals surface area contributed by atoms with Gasteiger partial charge in [0.25, 0.3) is 5.56 Å². The predicted molar refractivity (Wildman–Crippen MR) is 97.8 cm³/mol. The van der Waals surface area contributed by atoms with Gasteiger partial charge in [0.2, 0.25) is 5.95 Å². The Morgan fingerprint density at radius 2 is 1.94 bits per heavy atom. The van der Waals surface area contributed by atoms with Crippen molar-refractivity contribution < 1.29 is 143 Å². The van der Waals surface area contributed by atoms with E-state index in [9.17, 15) is 44.4 Å². The molecule has 2 aromatic heterocycles. The Morgan fingerprint density at radius 3 is 2.50 bits per heavy atom. The molecule has 0 amide bonds. The minimum Gasteiger partial charge on any atom is -0.790 e. The van der Waals surface area contributed by atoms with Crippen LogP contribution in [-0.2, 0) is 18.6 Å². The van der Waals surface area contributed by atoms with Gasteiger partial charge >= 0.3 is 88.7 Å². The molecule has 2 unspecified atom stereocenters. The first kappa shape index (κ1) is 36.5. The molecule has 0 spiro atoms. The van der Waals surface area contributed by atoms with Gasteiger partial charge < -0.3 is 59.3 Å². The molecule has 1 aliphatic rings. The van der Waals surface area contributed by atoms with Crippen LogP contribution in [0.4, 0.5) is 5.95 Å². The van der Waals surface area contributed by atoms with Crippen LogP contribution in [0, 0.1) is 0 Å². The van der Waals surface area contributed by atoms with Gasteiger partial charge in [0.05, 0.1) is 45.5 Å². The third-order valence-corrected chi connectivity index (χ3v) is 5.22. The smallest absolute Gasteiger partial charge is 0.790 e. The first-order chi connectivity index (χ1) is 15.4. The fourth-order valence-corrected chi connectivity index (χ4v) is 3.50. The number of ether oxygens (including phenoxy) is 1. The Balaban J connectivity index is 0.00000408. The molecule has 17 nitrogen and oxygen atoms in total. The number of carboxylic acid groups (broad SMARTS) is 1. The summed E-state index contributed by atoms with van der Waals surface area (Å²) in [6, 6.07) is -1.56. The van der Waals surface area contributed by atoms with Crippen molar-refractivity contribution >= 4 is 30.9 Å². The fraction of sp³-hybridized carbons (Fsp3) is 0.600. The van der Waals surface area contributed by atoms with Crippen molar-refractivity contribution in [3.05, 3.63) is 16.7 Å². The van der Waals surface area contributed by atoms with Crippen LogP contribution in [0.25, 0.3) is 11.2 Å². The molecule has 36 heavy (non-hydrogen) atoms. The van der Waals surface area contributed by atoms with Gasteiger partial charge in [-0.1, -0.05) is 0 Å². The van der Waals surface area contributed by atoms with Crippen LogP contribution in [0.3, 0.4) is 0 Å². The summed E-state index contributed by atoms with van der Waals surface area (Å²) in [4.78, 5) is 55.1. The zero-order chi connectivity index (χ0) is 24.5. The molecule has 3 heterocycles. The number of carboxylic acids is 1. The SMILES string of the molecule is O=C([O-])C(CC(O)CO)Nc1nc2c(ncn2[C@@H]2O[C@H](COP(=O)([O-])[O-])[C@@H](O)[C@H]2O)c(=O)[nH]1.[Na+].[Na+].[Na+]. The molecule has 21 heteroatoms. The number of aliphatic carboxylic acids is 1. The molecular weight excluding hydrogens is 542 g/mol. The van der Waals surface area contributed by atoms with Crippen molar-refractivity contribution in [1.29, 1.82) is 0 Å². The molecule has 1 aliphatic heterocycles. The van der Waals surface area contributed by atoms with E-state index in [1.165, 1.54) is 0 Å². The summed E-state index contributed by atoms with van der Waals surface area (Å²) in [5.74, 6) is -2.05. The summed E-state index contributed by atoms with van der Waals surface area (Å²) in [6.45, 7) is -1.60. The molecule has 0 aliphatic carbocycles. The topological polar surface area (TPSA) is 278 Å². The van der Waals surface area contributed by atoms with Crippen molar-refractivity contribution in [2.45, 2.75) is 43.1 Å². The summed E-state index contributed by atoms with van der Waals surface area (Å²) in [5.41, 5.74) is -1.31. The standard InChI is InChI=1S/C15H22N5O12P.3Na/c21-2-5(22)1-6(14(26)27)17-15-18-11-8(12(25)19-15)16-4-20(11)13-10(24)9(23)7(32-13)3-31-33(28,29)30;;;/h4-7,9-10,13,21-24H,1-3H2,(H,26,27)(H2,28,29,30)(H2,17,18,19,25);;;/q;3*+1/p-3/t5?,6?,7-,9-,10-,13-;;;/m1.../s1. The van der Waals surface area contributed by atoms with Gasteiger partial charge in [-0.25, -0.2) is 4.98 Å². The van der Waals surface area contributed by atoms with E-state index < -0.39 is 75.7 Å². The number of carbonyl (C=O) groups is 1. The van der Waals surface area contributed by atoms with E-state index >= 15 is 0 Å². The number of phosphoric ester groups is 1. The number of fused-ring (bicyclic) bond motifs is 1. The Morgan fingerprint density at radius 1 is 1.31 bits per heavy atom. The van der Waals surface area contributed by atoms with Gasteiger partial charge in [0.1, 0.15) is 18.3 Å². The number of imidazole rings is 1. The summed E-state index contributed by atoms with van der Waals surface area (Å²) in [7, 11) is -5.38. The second-order valence-electron chi connectivity index (χ2n) is 7.12. The molecule has 6 atom stereocenters. The van der Waals surface area contributed by atoms with Gasteiger partial charge in [-0.2, -0.15) is 4.98 Å². The molecule has 0 aromatic carbocycles. The number of aromatic amines is 1. The number of rotatable bonds is 10. The number of aliphatic hydroxyl groups is 4. The Hall–Kier alpha value is 0.530. The number of nitrogens with zero attached hydrogens (tertiary/aromatic N) is 3. The molecule has 2 aromatic rings. The molecule has 1 saturated heterocycles. The average Bonchev–Trinajstić information content (AvgIpc) is 3.27. The van der Waals surface area contributed by atoms with Crippen LogP contribution >= 0.6 is 7.82 Å². The third kappa shape index (κ3) is 9.04. The molecule has 1 fully saturated rings. The number of hydrogen-bond donors (Lipinski definition) is 6. The van der Waals surface area contributed by atoms with Gasteiger partial charge in [-0.3, -0.25) is 14.3 Å². The zero-order valence-corrected chi connectivity index (χ0v) is 26.4. The van der Waals surface area contributed by atoms with Crippen molar-refractivity contribution in [2.75, 3.05) is 18.5 Å². The van der Waals surface area contributed by atoms with Crippen LogP contribution in [0.15, 0.2) is 11.1 Å². The Labute approximate surface area is 268 Å². The largest absolute Gasteiger partial charge is 1.00 e. The van der Waals surface area contributed by atoms with Gasteiger partial charge in [-0.05, 0) is 0 Å². The minimum atomic E-state index is -5.38. The predicted octanol–water partition coefficient (Wildman–Crippen LogP) is -15.1. The number of nitrogens with one attached hydrogen (secondary N) is 2. The third-order valence-electron chi connectivity index (χ3n) is 4.75. The van der Waals surface area contributed by atoms with Gasteiger partial charge in [-0.15, -0.1) is 0 Å². The van der Waals surface area contributed by atoms with Gasteiger partial charge in [0, 0.05) is 6.42 Å². The van der Waals surface area contributed by atoms with Crippen molar-refractivity contribution in [2.24, 2.45) is 0 Å². The molecule has 0 saturated carbocycles. The molecule has 6 N–H and O–H groups in total. The van der Waals surface area contributed by atoms with Gasteiger partial charge in [0.15, 0.2) is 17.4 Å². The monoisotopic (exact) mass is 561 g/mol. The Kier molecular flexibility index (Phi) is 15.6. The normalized spacial score (nSPS) is 23.2. The fourth-order valence-electron chi connectivity index (χ4n) is 3.17. The second kappa shape index (κ2) is 15.4. The minimum absolute atomic E-state index is 0. The molecule has 184 valence electrons. The maximum Gasteiger partial charge on any atom is 1.00 e. The number of aromatic nitrogens is 4. The summed E-state index contributed by atoms with van der Waals surface area (Å²) in [6.07, 6.45) is -7.09. The van der Waals surface area contributed by atoms with Crippen LogP contribution in [0.1, 0.15) is 12.6 Å². The molecule has 0 radical (unpaired) electrons. The zero-order valence-electron chi connectivity index (χ0n) is 19.5. The molecule has 3 rings (SSSR count). The Bertz CT molecular complexity index is 1120. The van der Waals surface area contributed by atoms with Crippen LogP contribution in [0.2, 0.25) is 0 Å². The van der Waals surface area contributed by atoms with Crippen molar-refractivity contribution in [3.8, 4) is 0 Å². The summed E-state index contributed by atoms with van der Waals surface area (Å²) < 4.78 is 21.1. The van der Waals surface area contributed by atoms with Crippen LogP contribution < -0.4 is 114 Å². The van der Waals surface area contributed by atoms with E-state index in [0.717, 1.165) is 10.9 Å². The number of hydrogen-bond acceptors (Lipinski definition) is 15. The van der Waals surface area contributed by atoms with Crippen LogP contribution in [0.5, 0.6) is 0 Å². The number of H-pyrrole nitrogens is 1. The van der Waals surface area contributed by atoms with Crippen LogP contribution in [-0.4, -0.2) is 89.6 Å². The van der Waals surface area contributed by atoms with E-state index in [1.807, 2.05) is 0 Å². The number of anilines is 1. The van der Waals surface area contributed by atoms with Crippen molar-refractivity contribution in [3.63, 3.8) is 0 Å². The van der Waals surface area contributed by atoms with E-state index in [2.05, 4.69) is 24.8 Å². The van der Waals surface area contributed by atoms with Crippen molar-refractivity contribution in [1.82, 2.24) is 19.5 Å². The number of phosphoric acid groups is 1. The average molecular weight is 561 g/mol. The maximum absolute atomic E-state index is 12.3. The molecular formula is C15H19N5Na3O12P. The second-order valence-corrected chi connectivity index (χ2v) is 8.27. The van der Waals surface area contributed by atoms with E-state index in [4.69, 9.17) is 9.84 Å². The van der Waals surface area contributed by atoms with E-state index in [0.29, 0.717) is 0 Å². The van der Waals surface area contributed by atoms with E-state index in [1.54, 1.807) is 0 Å². The maximum atomic E-state index is 12.3. The first-order valence-electron chi connectivity index (χ1n) is 9.32. The number of carbonyl (C=O) groups excluding carboxylic acids is 1.